The average molecular weight is 487 g/mol. The van der Waals surface area contributed by atoms with Crippen molar-refractivity contribution in [3.05, 3.63) is 64.3 Å². The second-order valence-corrected chi connectivity index (χ2v) is 8.31. The van der Waals surface area contributed by atoms with Crippen molar-refractivity contribution in [2.45, 2.75) is 12.8 Å². The summed E-state index contributed by atoms with van der Waals surface area (Å²) in [4.78, 5) is 23.7. The summed E-state index contributed by atoms with van der Waals surface area (Å²) >= 11 is 11.9. The second kappa shape index (κ2) is 10.7. The van der Waals surface area contributed by atoms with Crippen molar-refractivity contribution in [1.82, 2.24) is 9.97 Å². The molecule has 2 aromatic carbocycles. The topological polar surface area (TPSA) is 105 Å². The van der Waals surface area contributed by atoms with E-state index in [9.17, 15) is 4.79 Å². The van der Waals surface area contributed by atoms with Crippen LogP contribution in [0.5, 0.6) is 5.75 Å². The van der Waals surface area contributed by atoms with Crippen LogP contribution >= 0.6 is 23.2 Å². The number of aromatic nitrogens is 2. The highest BCUT2D eigenvalue weighted by Gasteiger charge is 2.19. The molecule has 4 rings (SSSR count). The maximum Gasteiger partial charge on any atom is 0.255 e. The Morgan fingerprint density at radius 2 is 1.79 bits per heavy atom. The van der Waals surface area contributed by atoms with Gasteiger partial charge in [-0.05, 0) is 55.3 Å². The third-order valence-corrected chi connectivity index (χ3v) is 5.84. The minimum absolute atomic E-state index is 0.277. The number of halogens is 2. The van der Waals surface area contributed by atoms with Gasteiger partial charge in [0.05, 0.1) is 16.2 Å². The van der Waals surface area contributed by atoms with E-state index in [1.165, 1.54) is 6.07 Å². The van der Waals surface area contributed by atoms with Crippen molar-refractivity contribution in [1.29, 1.82) is 0 Å². The molecule has 0 bridgehead atoms. The molecule has 1 aromatic heterocycles. The highest BCUT2D eigenvalue weighted by Crippen LogP contribution is 2.30. The van der Waals surface area contributed by atoms with Gasteiger partial charge in [-0.15, -0.1) is 0 Å². The van der Waals surface area contributed by atoms with Gasteiger partial charge in [-0.25, -0.2) is 4.98 Å². The molecule has 0 saturated carbocycles. The number of rotatable bonds is 8. The summed E-state index contributed by atoms with van der Waals surface area (Å²) in [6.45, 7) is 2.70. The van der Waals surface area contributed by atoms with Gasteiger partial charge in [0.1, 0.15) is 6.61 Å². The van der Waals surface area contributed by atoms with Gasteiger partial charge in [0, 0.05) is 36.6 Å². The summed E-state index contributed by atoms with van der Waals surface area (Å²) in [7, 11) is 0. The highest BCUT2D eigenvalue weighted by molar-refractivity contribution is 6.42. The standard InChI is InChI=1S/C23H24Cl2N6O2/c24-18-8-3-15(13-19(18)25)22(32)28-16-4-6-17(7-5-16)29-23-27-14-20(33-12-9-26)21(30-23)31-10-1-2-11-31/h3-8,13-14H,1-2,9-12,26H2,(H,28,32)(H,27,29,30). The molecule has 0 aliphatic carbocycles. The fraction of sp³-hybridized carbons (Fsp3) is 0.261. The van der Waals surface area contributed by atoms with Crippen molar-refractivity contribution in [2.75, 3.05) is 41.8 Å². The monoisotopic (exact) mass is 486 g/mol. The fourth-order valence-corrected chi connectivity index (χ4v) is 3.75. The molecule has 3 aromatic rings. The first kappa shape index (κ1) is 23.1. The van der Waals surface area contributed by atoms with E-state index in [0.717, 1.165) is 37.4 Å². The van der Waals surface area contributed by atoms with Crippen LogP contribution in [-0.4, -0.2) is 42.1 Å². The molecule has 172 valence electrons. The van der Waals surface area contributed by atoms with E-state index in [1.807, 2.05) is 12.1 Å². The minimum Gasteiger partial charge on any atom is -0.487 e. The van der Waals surface area contributed by atoms with Crippen LogP contribution in [0.1, 0.15) is 23.2 Å². The summed E-state index contributed by atoms with van der Waals surface area (Å²) in [5.41, 5.74) is 7.42. The summed E-state index contributed by atoms with van der Waals surface area (Å²) in [6, 6.07) is 12.0. The second-order valence-electron chi connectivity index (χ2n) is 7.50. The summed E-state index contributed by atoms with van der Waals surface area (Å²) < 4.78 is 5.73. The van der Waals surface area contributed by atoms with E-state index in [1.54, 1.807) is 30.5 Å². The molecule has 1 amide bonds. The Labute approximate surface area is 202 Å². The number of nitrogens with one attached hydrogen (secondary N) is 2. The highest BCUT2D eigenvalue weighted by atomic mass is 35.5. The molecule has 0 unspecified atom stereocenters. The van der Waals surface area contributed by atoms with Gasteiger partial charge in [-0.3, -0.25) is 4.79 Å². The van der Waals surface area contributed by atoms with Crippen LogP contribution in [0.25, 0.3) is 0 Å². The lowest BCUT2D eigenvalue weighted by atomic mass is 10.2. The molecule has 1 saturated heterocycles. The summed E-state index contributed by atoms with van der Waals surface area (Å²) in [5, 5.41) is 6.77. The molecule has 2 heterocycles. The average Bonchev–Trinajstić information content (AvgIpc) is 3.36. The van der Waals surface area contributed by atoms with Crippen LogP contribution in [0.4, 0.5) is 23.1 Å². The lowest BCUT2D eigenvalue weighted by Crippen LogP contribution is -2.21. The molecule has 1 aliphatic rings. The predicted octanol–water partition coefficient (Wildman–Crippen LogP) is 4.72. The Morgan fingerprint density at radius 1 is 1.06 bits per heavy atom. The molecule has 33 heavy (non-hydrogen) atoms. The van der Waals surface area contributed by atoms with E-state index in [-0.39, 0.29) is 5.91 Å². The van der Waals surface area contributed by atoms with Gasteiger partial charge in [-0.1, -0.05) is 23.2 Å². The number of hydrogen-bond acceptors (Lipinski definition) is 7. The quantitative estimate of drug-likeness (QED) is 0.422. The first-order valence-corrected chi connectivity index (χ1v) is 11.4. The number of carbonyl (C=O) groups excluding carboxylic acids is 1. The first-order valence-electron chi connectivity index (χ1n) is 10.6. The largest absolute Gasteiger partial charge is 0.487 e. The van der Waals surface area contributed by atoms with Crippen LogP contribution in [0, 0.1) is 0 Å². The predicted molar refractivity (Wildman–Crippen MR) is 132 cm³/mol. The molecule has 1 fully saturated rings. The van der Waals surface area contributed by atoms with E-state index in [4.69, 9.17) is 33.7 Å². The SMILES string of the molecule is NCCOc1cnc(Nc2ccc(NC(=O)c3ccc(Cl)c(Cl)c3)cc2)nc1N1CCCC1. The number of anilines is 4. The Morgan fingerprint density at radius 3 is 2.48 bits per heavy atom. The molecule has 10 heteroatoms. The Kier molecular flexibility index (Phi) is 7.49. The number of nitrogens with two attached hydrogens (primary N) is 1. The molecule has 1 aliphatic heterocycles. The van der Waals surface area contributed by atoms with E-state index < -0.39 is 0 Å². The third-order valence-electron chi connectivity index (χ3n) is 5.10. The van der Waals surface area contributed by atoms with Crippen molar-refractivity contribution in [3.8, 4) is 5.75 Å². The molecule has 0 spiro atoms. The lowest BCUT2D eigenvalue weighted by Gasteiger charge is -2.20. The lowest BCUT2D eigenvalue weighted by molar-refractivity contribution is 0.102. The number of hydrogen-bond donors (Lipinski definition) is 3. The van der Waals surface area contributed by atoms with Gasteiger partial charge in [0.15, 0.2) is 11.6 Å². The van der Waals surface area contributed by atoms with E-state index in [2.05, 4.69) is 25.5 Å². The van der Waals surface area contributed by atoms with Crippen LogP contribution in [0.15, 0.2) is 48.7 Å². The number of carbonyl (C=O) groups is 1. The summed E-state index contributed by atoms with van der Waals surface area (Å²) in [5.74, 6) is 1.59. The van der Waals surface area contributed by atoms with Crippen molar-refractivity contribution < 1.29 is 9.53 Å². The van der Waals surface area contributed by atoms with E-state index >= 15 is 0 Å². The maximum atomic E-state index is 12.5. The van der Waals surface area contributed by atoms with Crippen LogP contribution in [0.2, 0.25) is 10.0 Å². The zero-order valence-corrected chi connectivity index (χ0v) is 19.4. The Bertz CT molecular complexity index is 1120. The smallest absolute Gasteiger partial charge is 0.255 e. The summed E-state index contributed by atoms with van der Waals surface area (Å²) in [6.07, 6.45) is 3.92. The number of amides is 1. The van der Waals surface area contributed by atoms with E-state index in [0.29, 0.717) is 46.1 Å². The van der Waals surface area contributed by atoms with Crippen molar-refractivity contribution in [3.63, 3.8) is 0 Å². The first-order chi connectivity index (χ1) is 16.0. The van der Waals surface area contributed by atoms with Crippen molar-refractivity contribution in [2.24, 2.45) is 5.73 Å². The Balaban J connectivity index is 1.44. The number of nitrogens with zero attached hydrogens (tertiary/aromatic N) is 3. The van der Waals surface area contributed by atoms with Gasteiger partial charge < -0.3 is 26.0 Å². The normalized spacial score (nSPS) is 13.1. The van der Waals surface area contributed by atoms with Crippen molar-refractivity contribution >= 4 is 52.3 Å². The van der Waals surface area contributed by atoms with Crippen LogP contribution < -0.4 is 26.0 Å². The minimum atomic E-state index is -0.277. The molecule has 8 nitrogen and oxygen atoms in total. The zero-order valence-electron chi connectivity index (χ0n) is 17.9. The van der Waals surface area contributed by atoms with Gasteiger partial charge in [-0.2, -0.15) is 4.98 Å². The third kappa shape index (κ3) is 5.84. The van der Waals surface area contributed by atoms with Crippen LogP contribution in [-0.2, 0) is 0 Å². The number of ether oxygens (including phenoxy) is 1. The maximum absolute atomic E-state index is 12.5. The molecule has 0 atom stereocenters. The van der Waals surface area contributed by atoms with Gasteiger partial charge >= 0.3 is 0 Å². The molecule has 0 radical (unpaired) electrons. The van der Waals surface area contributed by atoms with Gasteiger partial charge in [0.25, 0.3) is 5.91 Å². The Hall–Kier alpha value is -3.07. The zero-order chi connectivity index (χ0) is 23.2. The molecule has 4 N–H and O–H groups in total. The molecular weight excluding hydrogens is 463 g/mol. The fourth-order valence-electron chi connectivity index (χ4n) is 3.45. The number of benzene rings is 2. The van der Waals surface area contributed by atoms with Gasteiger partial charge in [0.2, 0.25) is 5.95 Å². The molecular formula is C23H24Cl2N6O2. The van der Waals surface area contributed by atoms with Crippen LogP contribution in [0.3, 0.4) is 0 Å².